The molecule has 1 atom stereocenters. The molecule has 2 aromatic carbocycles. The largest absolute Gasteiger partial charge is 0.310 e. The number of thioether (sulfide) groups is 1. The molecular formula is C22H17ClN4O2S. The van der Waals surface area contributed by atoms with Gasteiger partial charge in [0.1, 0.15) is 5.82 Å². The highest BCUT2D eigenvalue weighted by Gasteiger charge is 2.20. The highest BCUT2D eigenvalue weighted by atomic mass is 35.5. The van der Waals surface area contributed by atoms with Crippen molar-refractivity contribution in [2.45, 2.75) is 17.3 Å². The lowest BCUT2D eigenvalue weighted by molar-refractivity contribution is -0.115. The molecule has 0 aliphatic carbocycles. The molecule has 2 aromatic heterocycles. The van der Waals surface area contributed by atoms with Crippen molar-refractivity contribution in [3.05, 3.63) is 88.3 Å². The number of carbonyl (C=O) groups excluding carboxylic acids is 1. The van der Waals surface area contributed by atoms with E-state index >= 15 is 0 Å². The zero-order chi connectivity index (χ0) is 21.1. The first-order valence-corrected chi connectivity index (χ1v) is 10.4. The van der Waals surface area contributed by atoms with Crippen molar-refractivity contribution in [2.24, 2.45) is 0 Å². The zero-order valence-corrected chi connectivity index (χ0v) is 17.5. The van der Waals surface area contributed by atoms with E-state index in [0.717, 1.165) is 0 Å². The van der Waals surface area contributed by atoms with Crippen molar-refractivity contribution < 1.29 is 4.79 Å². The summed E-state index contributed by atoms with van der Waals surface area (Å²) in [4.78, 5) is 34.6. The molecule has 0 saturated carbocycles. The molecule has 0 spiro atoms. The van der Waals surface area contributed by atoms with E-state index in [1.54, 1.807) is 31.2 Å². The van der Waals surface area contributed by atoms with Gasteiger partial charge in [-0.3, -0.25) is 14.2 Å². The second-order valence-electron chi connectivity index (χ2n) is 6.50. The summed E-state index contributed by atoms with van der Waals surface area (Å²) in [5.74, 6) is 0.153. The van der Waals surface area contributed by atoms with E-state index in [0.29, 0.717) is 32.6 Å². The number of aromatic nitrogens is 3. The third-order valence-electron chi connectivity index (χ3n) is 4.39. The molecule has 0 bridgehead atoms. The highest BCUT2D eigenvalue weighted by Crippen LogP contribution is 2.25. The number of nitrogens with zero attached hydrogens (tertiary/aromatic N) is 3. The number of hydrogen-bond donors (Lipinski definition) is 1. The third-order valence-corrected chi connectivity index (χ3v) is 5.67. The molecule has 1 amide bonds. The van der Waals surface area contributed by atoms with Gasteiger partial charge in [-0.15, -0.1) is 0 Å². The Balaban J connectivity index is 1.69. The molecule has 4 aromatic rings. The summed E-state index contributed by atoms with van der Waals surface area (Å²) < 4.78 is 1.54. The Bertz CT molecular complexity index is 1260. The van der Waals surface area contributed by atoms with Crippen LogP contribution in [0.3, 0.4) is 0 Å². The minimum atomic E-state index is -0.523. The van der Waals surface area contributed by atoms with Crippen molar-refractivity contribution in [3.8, 4) is 5.69 Å². The first kappa shape index (κ1) is 20.1. The van der Waals surface area contributed by atoms with Gasteiger partial charge in [0.2, 0.25) is 5.91 Å². The standard InChI is InChI=1S/C22H17ClN4O2S/c1-14(20(28)26-19-12-11-15(23)13-24-19)30-22-25-18-10-6-5-9-17(18)21(29)27(22)16-7-3-2-4-8-16/h2-14H,1H3,(H,24,26,28). The Kier molecular flexibility index (Phi) is 5.83. The number of rotatable bonds is 5. The van der Waals surface area contributed by atoms with Crippen molar-refractivity contribution in [1.82, 2.24) is 14.5 Å². The number of halogens is 1. The number of amides is 1. The van der Waals surface area contributed by atoms with Crippen molar-refractivity contribution in [3.63, 3.8) is 0 Å². The number of anilines is 1. The molecule has 0 aliphatic rings. The average Bonchev–Trinajstić information content (AvgIpc) is 2.76. The van der Waals surface area contributed by atoms with Gasteiger partial charge in [-0.05, 0) is 43.3 Å². The van der Waals surface area contributed by atoms with Gasteiger partial charge in [-0.2, -0.15) is 0 Å². The molecule has 0 aliphatic heterocycles. The predicted molar refractivity (Wildman–Crippen MR) is 121 cm³/mol. The summed E-state index contributed by atoms with van der Waals surface area (Å²) >= 11 is 7.05. The Morgan fingerprint density at radius 2 is 1.80 bits per heavy atom. The molecule has 0 radical (unpaired) electrons. The predicted octanol–water partition coefficient (Wildman–Crippen LogP) is 4.55. The van der Waals surface area contributed by atoms with Crippen LogP contribution in [-0.4, -0.2) is 25.7 Å². The fourth-order valence-electron chi connectivity index (χ4n) is 2.89. The van der Waals surface area contributed by atoms with E-state index in [9.17, 15) is 9.59 Å². The fourth-order valence-corrected chi connectivity index (χ4v) is 3.92. The van der Waals surface area contributed by atoms with Crippen LogP contribution in [0.5, 0.6) is 0 Å². The number of carbonyl (C=O) groups is 1. The maximum Gasteiger partial charge on any atom is 0.266 e. The topological polar surface area (TPSA) is 76.9 Å². The summed E-state index contributed by atoms with van der Waals surface area (Å²) in [6.07, 6.45) is 1.47. The third kappa shape index (κ3) is 4.22. The van der Waals surface area contributed by atoms with Crippen LogP contribution in [0, 0.1) is 0 Å². The van der Waals surface area contributed by atoms with Gasteiger partial charge in [-0.25, -0.2) is 9.97 Å². The van der Waals surface area contributed by atoms with Crippen LogP contribution in [0.1, 0.15) is 6.92 Å². The molecule has 1 N–H and O–H groups in total. The normalized spacial score (nSPS) is 11.9. The van der Waals surface area contributed by atoms with Crippen LogP contribution < -0.4 is 10.9 Å². The number of hydrogen-bond acceptors (Lipinski definition) is 5. The number of nitrogens with one attached hydrogen (secondary N) is 1. The van der Waals surface area contributed by atoms with Crippen molar-refractivity contribution in [1.29, 1.82) is 0 Å². The van der Waals surface area contributed by atoms with Crippen LogP contribution in [0.2, 0.25) is 5.02 Å². The van der Waals surface area contributed by atoms with Crippen LogP contribution in [0.4, 0.5) is 5.82 Å². The van der Waals surface area contributed by atoms with Crippen LogP contribution in [0.15, 0.2) is 82.9 Å². The lowest BCUT2D eigenvalue weighted by atomic mass is 10.2. The molecule has 6 nitrogen and oxygen atoms in total. The van der Waals surface area contributed by atoms with E-state index < -0.39 is 5.25 Å². The summed E-state index contributed by atoms with van der Waals surface area (Å²) in [5, 5.41) is 3.68. The molecule has 150 valence electrons. The number of pyridine rings is 1. The molecule has 0 saturated heterocycles. The van der Waals surface area contributed by atoms with Gasteiger partial charge in [0.15, 0.2) is 5.16 Å². The average molecular weight is 437 g/mol. The molecule has 2 heterocycles. The van der Waals surface area contributed by atoms with E-state index in [1.165, 1.54) is 22.5 Å². The molecule has 0 fully saturated rings. The number of fused-ring (bicyclic) bond motifs is 1. The van der Waals surface area contributed by atoms with Gasteiger partial charge < -0.3 is 5.32 Å². The van der Waals surface area contributed by atoms with E-state index in [-0.39, 0.29) is 11.5 Å². The maximum absolute atomic E-state index is 13.2. The van der Waals surface area contributed by atoms with Gasteiger partial charge >= 0.3 is 0 Å². The van der Waals surface area contributed by atoms with Crippen LogP contribution >= 0.6 is 23.4 Å². The van der Waals surface area contributed by atoms with Crippen molar-refractivity contribution in [2.75, 3.05) is 5.32 Å². The summed E-state index contributed by atoms with van der Waals surface area (Å²) in [7, 11) is 0. The number of para-hydroxylation sites is 2. The van der Waals surface area contributed by atoms with Gasteiger partial charge in [0, 0.05) is 6.20 Å². The zero-order valence-electron chi connectivity index (χ0n) is 15.9. The quantitative estimate of drug-likeness (QED) is 0.366. The lowest BCUT2D eigenvalue weighted by Gasteiger charge is -2.16. The Morgan fingerprint density at radius 1 is 1.07 bits per heavy atom. The van der Waals surface area contributed by atoms with Crippen LogP contribution in [-0.2, 0) is 4.79 Å². The molecular weight excluding hydrogens is 420 g/mol. The second kappa shape index (κ2) is 8.69. The van der Waals surface area contributed by atoms with E-state index in [1.807, 2.05) is 42.5 Å². The summed E-state index contributed by atoms with van der Waals surface area (Å²) in [6.45, 7) is 1.76. The Morgan fingerprint density at radius 3 is 2.53 bits per heavy atom. The fraction of sp³-hybridized carbons (Fsp3) is 0.0909. The molecule has 4 rings (SSSR count). The summed E-state index contributed by atoms with van der Waals surface area (Å²) in [6, 6.07) is 19.7. The first-order valence-electron chi connectivity index (χ1n) is 9.19. The minimum absolute atomic E-state index is 0.179. The van der Waals surface area contributed by atoms with E-state index in [2.05, 4.69) is 15.3 Å². The van der Waals surface area contributed by atoms with Crippen LogP contribution in [0.25, 0.3) is 16.6 Å². The highest BCUT2D eigenvalue weighted by molar-refractivity contribution is 8.00. The first-order chi connectivity index (χ1) is 14.5. The minimum Gasteiger partial charge on any atom is -0.310 e. The van der Waals surface area contributed by atoms with Gasteiger partial charge in [0.25, 0.3) is 5.56 Å². The maximum atomic E-state index is 13.2. The van der Waals surface area contributed by atoms with Gasteiger partial charge in [0.05, 0.1) is 26.9 Å². The molecule has 1 unspecified atom stereocenters. The summed E-state index contributed by atoms with van der Waals surface area (Å²) in [5.41, 5.74) is 1.10. The second-order valence-corrected chi connectivity index (χ2v) is 8.24. The van der Waals surface area contributed by atoms with Gasteiger partial charge in [-0.1, -0.05) is 53.7 Å². The number of benzene rings is 2. The Labute approximate surface area is 181 Å². The molecule has 8 heteroatoms. The smallest absolute Gasteiger partial charge is 0.266 e. The lowest BCUT2D eigenvalue weighted by Crippen LogP contribution is -2.26. The molecule has 30 heavy (non-hydrogen) atoms. The Hall–Kier alpha value is -3.16. The van der Waals surface area contributed by atoms with E-state index in [4.69, 9.17) is 11.6 Å². The monoisotopic (exact) mass is 436 g/mol. The SMILES string of the molecule is CC(Sc1nc2ccccc2c(=O)n1-c1ccccc1)C(=O)Nc1ccc(Cl)cn1. The van der Waals surface area contributed by atoms with Crippen molar-refractivity contribution >= 4 is 46.0 Å².